The molecule has 0 fully saturated rings. The fraction of sp³-hybridized carbons (Fsp3) is 0.294. The molecule has 118 valence electrons. The molecule has 4 nitrogen and oxygen atoms in total. The lowest BCUT2D eigenvalue weighted by molar-refractivity contribution is 0.414. The van der Waals surface area contributed by atoms with Crippen molar-refractivity contribution in [2.75, 3.05) is 13.7 Å². The van der Waals surface area contributed by atoms with Crippen molar-refractivity contribution in [3.63, 3.8) is 0 Å². The molecular formula is C17H21NO3S. The Bertz CT molecular complexity index is 667. The predicted molar refractivity (Wildman–Crippen MR) is 87.6 cm³/mol. The number of nitrogens with one attached hydrogen (secondary N) is 1. The second kappa shape index (κ2) is 7.96. The molecule has 0 saturated carbocycles. The molecule has 0 radical (unpaired) electrons. The third-order valence-corrected chi connectivity index (χ3v) is 4.87. The Balaban J connectivity index is 1.73. The molecule has 1 N–H and O–H groups in total. The molecule has 2 aromatic carbocycles. The van der Waals surface area contributed by atoms with Crippen molar-refractivity contribution in [1.82, 2.24) is 4.72 Å². The molecule has 0 bridgehead atoms. The average Bonchev–Trinajstić information content (AvgIpc) is 2.56. The molecule has 2 aromatic rings. The summed E-state index contributed by atoms with van der Waals surface area (Å²) >= 11 is 0. The SMILES string of the molecule is COc1ccc(CCCCNS(=O)(=O)c2ccccc2)cc1. The molecule has 22 heavy (non-hydrogen) atoms. The Hall–Kier alpha value is -1.85. The fourth-order valence-corrected chi connectivity index (χ4v) is 3.23. The molecule has 0 aliphatic heterocycles. The van der Waals surface area contributed by atoms with Gasteiger partial charge in [0.1, 0.15) is 5.75 Å². The monoisotopic (exact) mass is 319 g/mol. The highest BCUT2D eigenvalue weighted by molar-refractivity contribution is 7.89. The van der Waals surface area contributed by atoms with Gasteiger partial charge in [-0.25, -0.2) is 13.1 Å². The van der Waals surface area contributed by atoms with E-state index in [2.05, 4.69) is 4.72 Å². The van der Waals surface area contributed by atoms with Crippen LogP contribution in [0.2, 0.25) is 0 Å². The zero-order chi connectivity index (χ0) is 15.8. The van der Waals surface area contributed by atoms with Crippen LogP contribution in [-0.2, 0) is 16.4 Å². The maximum Gasteiger partial charge on any atom is 0.240 e. The molecular weight excluding hydrogens is 298 g/mol. The number of benzene rings is 2. The van der Waals surface area contributed by atoms with Crippen molar-refractivity contribution in [3.8, 4) is 5.75 Å². The summed E-state index contributed by atoms with van der Waals surface area (Å²) in [5.74, 6) is 0.847. The third-order valence-electron chi connectivity index (χ3n) is 3.40. The predicted octanol–water partition coefficient (Wildman–Crippen LogP) is 3.00. The van der Waals surface area contributed by atoms with Crippen LogP contribution in [0.15, 0.2) is 59.5 Å². The first-order valence-corrected chi connectivity index (χ1v) is 8.78. The van der Waals surface area contributed by atoms with Crippen LogP contribution in [0.3, 0.4) is 0 Å². The average molecular weight is 319 g/mol. The Morgan fingerprint density at radius 2 is 1.64 bits per heavy atom. The Morgan fingerprint density at radius 1 is 0.955 bits per heavy atom. The molecule has 0 unspecified atom stereocenters. The number of methoxy groups -OCH3 is 1. The minimum atomic E-state index is -3.38. The maximum absolute atomic E-state index is 12.0. The number of hydrogen-bond acceptors (Lipinski definition) is 3. The van der Waals surface area contributed by atoms with Gasteiger partial charge in [-0.2, -0.15) is 0 Å². The number of sulfonamides is 1. The minimum Gasteiger partial charge on any atom is -0.497 e. The molecule has 0 aromatic heterocycles. The van der Waals surface area contributed by atoms with Crippen molar-refractivity contribution < 1.29 is 13.2 Å². The van der Waals surface area contributed by atoms with Gasteiger partial charge in [0.25, 0.3) is 0 Å². The lowest BCUT2D eigenvalue weighted by Crippen LogP contribution is -2.24. The van der Waals surface area contributed by atoms with E-state index < -0.39 is 10.0 Å². The number of ether oxygens (including phenoxy) is 1. The van der Waals surface area contributed by atoms with Crippen LogP contribution in [0.25, 0.3) is 0 Å². The smallest absolute Gasteiger partial charge is 0.240 e. The van der Waals surface area contributed by atoms with E-state index in [0.29, 0.717) is 11.4 Å². The highest BCUT2D eigenvalue weighted by Crippen LogP contribution is 2.13. The summed E-state index contributed by atoms with van der Waals surface area (Å²) in [6.45, 7) is 0.452. The van der Waals surface area contributed by atoms with Crippen molar-refractivity contribution in [2.45, 2.75) is 24.2 Å². The van der Waals surface area contributed by atoms with Gasteiger partial charge in [-0.3, -0.25) is 0 Å². The van der Waals surface area contributed by atoms with Crippen molar-refractivity contribution in [1.29, 1.82) is 0 Å². The summed E-state index contributed by atoms with van der Waals surface area (Å²) < 4.78 is 31.8. The summed E-state index contributed by atoms with van der Waals surface area (Å²) in [7, 11) is -1.73. The zero-order valence-corrected chi connectivity index (χ0v) is 13.5. The molecule has 5 heteroatoms. The Kier molecular flexibility index (Phi) is 5.98. The van der Waals surface area contributed by atoms with Gasteiger partial charge in [0, 0.05) is 6.54 Å². The van der Waals surface area contributed by atoms with Crippen molar-refractivity contribution >= 4 is 10.0 Å². The number of aryl methyl sites for hydroxylation is 1. The van der Waals surface area contributed by atoms with E-state index in [9.17, 15) is 8.42 Å². The van der Waals surface area contributed by atoms with E-state index in [0.717, 1.165) is 25.0 Å². The zero-order valence-electron chi connectivity index (χ0n) is 12.7. The molecule has 0 aliphatic rings. The molecule has 0 atom stereocenters. The van der Waals surface area contributed by atoms with Gasteiger partial charge in [0.2, 0.25) is 10.0 Å². The van der Waals surface area contributed by atoms with Gasteiger partial charge in [-0.05, 0) is 49.1 Å². The van der Waals surface area contributed by atoms with E-state index in [1.807, 2.05) is 24.3 Å². The van der Waals surface area contributed by atoms with Crippen LogP contribution in [0.4, 0.5) is 0 Å². The van der Waals surface area contributed by atoms with E-state index in [1.54, 1.807) is 37.4 Å². The van der Waals surface area contributed by atoms with Crippen LogP contribution < -0.4 is 9.46 Å². The lowest BCUT2D eigenvalue weighted by Gasteiger charge is -2.07. The molecule has 0 saturated heterocycles. The van der Waals surface area contributed by atoms with E-state index in [1.165, 1.54) is 5.56 Å². The molecule has 2 rings (SSSR count). The van der Waals surface area contributed by atoms with Crippen LogP contribution >= 0.6 is 0 Å². The highest BCUT2D eigenvalue weighted by atomic mass is 32.2. The van der Waals surface area contributed by atoms with Gasteiger partial charge >= 0.3 is 0 Å². The number of hydrogen-bond donors (Lipinski definition) is 1. The van der Waals surface area contributed by atoms with Gasteiger partial charge in [0.05, 0.1) is 12.0 Å². The van der Waals surface area contributed by atoms with E-state index >= 15 is 0 Å². The van der Waals surface area contributed by atoms with Crippen LogP contribution in [0.5, 0.6) is 5.75 Å². The normalized spacial score (nSPS) is 11.3. The minimum absolute atomic E-state index is 0.310. The first kappa shape index (κ1) is 16.5. The van der Waals surface area contributed by atoms with Crippen LogP contribution in [0.1, 0.15) is 18.4 Å². The van der Waals surface area contributed by atoms with E-state index in [-0.39, 0.29) is 0 Å². The molecule has 0 heterocycles. The number of rotatable bonds is 8. The van der Waals surface area contributed by atoms with Gasteiger partial charge < -0.3 is 4.74 Å². The van der Waals surface area contributed by atoms with Crippen molar-refractivity contribution in [2.24, 2.45) is 0 Å². The fourth-order valence-electron chi connectivity index (χ4n) is 2.14. The van der Waals surface area contributed by atoms with E-state index in [4.69, 9.17) is 4.74 Å². The second-order valence-electron chi connectivity index (χ2n) is 5.02. The second-order valence-corrected chi connectivity index (χ2v) is 6.78. The maximum atomic E-state index is 12.0. The Labute approximate surface area is 132 Å². The quantitative estimate of drug-likeness (QED) is 0.761. The van der Waals surface area contributed by atoms with Crippen LogP contribution in [-0.4, -0.2) is 22.1 Å². The molecule has 0 amide bonds. The van der Waals surface area contributed by atoms with Crippen molar-refractivity contribution in [3.05, 3.63) is 60.2 Å². The van der Waals surface area contributed by atoms with Crippen LogP contribution in [0, 0.1) is 0 Å². The molecule has 0 spiro atoms. The summed E-state index contributed by atoms with van der Waals surface area (Å²) in [4.78, 5) is 0.310. The number of unbranched alkanes of at least 4 members (excludes halogenated alkanes) is 1. The standard InChI is InChI=1S/C17H21NO3S/c1-21-16-12-10-15(11-13-16)7-5-6-14-18-22(19,20)17-8-3-2-4-9-17/h2-4,8-13,18H,5-7,14H2,1H3. The Morgan fingerprint density at radius 3 is 2.27 bits per heavy atom. The third kappa shape index (κ3) is 4.86. The first-order chi connectivity index (χ1) is 10.6. The first-order valence-electron chi connectivity index (χ1n) is 7.29. The summed E-state index contributed by atoms with van der Waals surface area (Å²) in [5, 5.41) is 0. The van der Waals surface area contributed by atoms with Gasteiger partial charge in [0.15, 0.2) is 0 Å². The summed E-state index contributed by atoms with van der Waals surface area (Å²) in [6, 6.07) is 16.4. The summed E-state index contributed by atoms with van der Waals surface area (Å²) in [6.07, 6.45) is 2.67. The topological polar surface area (TPSA) is 55.4 Å². The van der Waals surface area contributed by atoms with Gasteiger partial charge in [-0.1, -0.05) is 30.3 Å². The summed E-state index contributed by atoms with van der Waals surface area (Å²) in [5.41, 5.74) is 1.23. The highest BCUT2D eigenvalue weighted by Gasteiger charge is 2.11. The largest absolute Gasteiger partial charge is 0.497 e. The van der Waals surface area contributed by atoms with Gasteiger partial charge in [-0.15, -0.1) is 0 Å². The molecule has 0 aliphatic carbocycles. The lowest BCUT2D eigenvalue weighted by atomic mass is 10.1.